The van der Waals surface area contributed by atoms with Gasteiger partial charge >= 0.3 is 6.18 Å². The molecule has 0 fully saturated rings. The van der Waals surface area contributed by atoms with Gasteiger partial charge in [0.05, 0.1) is 11.1 Å². The first kappa shape index (κ1) is 15.5. The molecule has 0 heterocycles. The van der Waals surface area contributed by atoms with Gasteiger partial charge in [-0.25, -0.2) is 4.39 Å². The maximum absolute atomic E-state index is 13.4. The number of carbonyl (C=O) groups is 1. The van der Waals surface area contributed by atoms with Crippen LogP contribution < -0.4 is 5.32 Å². The minimum absolute atomic E-state index is 0.179. The average molecular weight is 277 g/mol. The normalized spacial score (nSPS) is 13.2. The first-order chi connectivity index (χ1) is 8.75. The number of hydrogen-bond donors (Lipinski definition) is 1. The monoisotopic (exact) mass is 277 g/mol. The van der Waals surface area contributed by atoms with Crippen molar-refractivity contribution in [3.63, 3.8) is 0 Å². The summed E-state index contributed by atoms with van der Waals surface area (Å²) in [6.45, 7) is 4.09. The lowest BCUT2D eigenvalue weighted by molar-refractivity contribution is -0.137. The molecule has 0 saturated heterocycles. The van der Waals surface area contributed by atoms with Gasteiger partial charge in [-0.1, -0.05) is 20.3 Å². The Bertz CT molecular complexity index is 456. The number of carbonyl (C=O) groups excluding carboxylic acids is 1. The maximum atomic E-state index is 13.4. The third-order valence-corrected chi connectivity index (χ3v) is 2.85. The van der Waals surface area contributed by atoms with Crippen molar-refractivity contribution >= 4 is 5.91 Å². The van der Waals surface area contributed by atoms with Crippen LogP contribution >= 0.6 is 0 Å². The molecule has 0 aliphatic carbocycles. The zero-order chi connectivity index (χ0) is 14.6. The van der Waals surface area contributed by atoms with Crippen LogP contribution in [-0.2, 0) is 6.18 Å². The molecule has 0 spiro atoms. The Morgan fingerprint density at radius 3 is 2.53 bits per heavy atom. The van der Waals surface area contributed by atoms with Crippen molar-refractivity contribution in [2.45, 2.75) is 26.4 Å². The van der Waals surface area contributed by atoms with E-state index in [2.05, 4.69) is 5.32 Å². The lowest BCUT2D eigenvalue weighted by atomic mass is 10.1. The molecule has 1 unspecified atom stereocenters. The van der Waals surface area contributed by atoms with Crippen molar-refractivity contribution in [3.8, 4) is 0 Å². The van der Waals surface area contributed by atoms with Crippen molar-refractivity contribution in [1.29, 1.82) is 0 Å². The number of benzene rings is 1. The van der Waals surface area contributed by atoms with Crippen LogP contribution in [-0.4, -0.2) is 12.5 Å². The average Bonchev–Trinajstić information content (AvgIpc) is 2.34. The van der Waals surface area contributed by atoms with E-state index in [1.54, 1.807) is 0 Å². The van der Waals surface area contributed by atoms with Gasteiger partial charge in [0.1, 0.15) is 5.82 Å². The Morgan fingerprint density at radius 2 is 2.00 bits per heavy atom. The smallest absolute Gasteiger partial charge is 0.352 e. The first-order valence-electron chi connectivity index (χ1n) is 5.90. The molecule has 1 rings (SSSR count). The number of amides is 1. The molecular weight excluding hydrogens is 262 g/mol. The van der Waals surface area contributed by atoms with Gasteiger partial charge < -0.3 is 5.32 Å². The van der Waals surface area contributed by atoms with Gasteiger partial charge in [0, 0.05) is 6.54 Å². The lowest BCUT2D eigenvalue weighted by Gasteiger charge is -2.12. The van der Waals surface area contributed by atoms with E-state index in [1.165, 1.54) is 0 Å². The van der Waals surface area contributed by atoms with Crippen molar-refractivity contribution in [2.75, 3.05) is 6.54 Å². The Morgan fingerprint density at radius 1 is 1.37 bits per heavy atom. The number of halogens is 4. The molecular formula is C13H15F4NO. The molecule has 0 radical (unpaired) electrons. The predicted octanol–water partition coefficient (Wildman–Crippen LogP) is 3.62. The molecule has 1 N–H and O–H groups in total. The zero-order valence-electron chi connectivity index (χ0n) is 10.6. The van der Waals surface area contributed by atoms with E-state index in [4.69, 9.17) is 0 Å². The molecule has 0 saturated carbocycles. The molecule has 1 aromatic rings. The Hall–Kier alpha value is -1.59. The van der Waals surface area contributed by atoms with Gasteiger partial charge in [-0.2, -0.15) is 13.2 Å². The molecule has 0 aliphatic heterocycles. The highest BCUT2D eigenvalue weighted by Crippen LogP contribution is 2.30. The van der Waals surface area contributed by atoms with Gasteiger partial charge in [-0.15, -0.1) is 0 Å². The topological polar surface area (TPSA) is 29.1 Å². The maximum Gasteiger partial charge on any atom is 0.416 e. The second-order valence-corrected chi connectivity index (χ2v) is 4.42. The molecule has 1 atom stereocenters. The van der Waals surface area contributed by atoms with E-state index in [9.17, 15) is 22.4 Å². The van der Waals surface area contributed by atoms with Crippen molar-refractivity contribution < 1.29 is 22.4 Å². The molecule has 0 bridgehead atoms. The minimum atomic E-state index is -4.60. The number of hydrogen-bond acceptors (Lipinski definition) is 1. The number of rotatable bonds is 4. The van der Waals surface area contributed by atoms with Gasteiger partial charge in [0.25, 0.3) is 5.91 Å². The number of nitrogens with one attached hydrogen (secondary N) is 1. The molecule has 2 nitrogen and oxygen atoms in total. The van der Waals surface area contributed by atoms with Crippen LogP contribution in [0, 0.1) is 11.7 Å². The molecule has 1 aromatic carbocycles. The summed E-state index contributed by atoms with van der Waals surface area (Å²) < 4.78 is 50.8. The Kier molecular flexibility index (Phi) is 4.91. The van der Waals surface area contributed by atoms with Crippen LogP contribution in [0.3, 0.4) is 0 Å². The van der Waals surface area contributed by atoms with Gasteiger partial charge in [0.2, 0.25) is 0 Å². The fourth-order valence-corrected chi connectivity index (χ4v) is 1.38. The van der Waals surface area contributed by atoms with Crippen molar-refractivity contribution in [3.05, 3.63) is 35.1 Å². The van der Waals surface area contributed by atoms with Gasteiger partial charge in [0.15, 0.2) is 0 Å². The van der Waals surface area contributed by atoms with E-state index in [1.807, 2.05) is 13.8 Å². The lowest BCUT2D eigenvalue weighted by Crippen LogP contribution is -2.29. The van der Waals surface area contributed by atoms with Crippen LogP contribution in [0.1, 0.15) is 36.2 Å². The summed E-state index contributed by atoms with van der Waals surface area (Å²) in [5, 5.41) is 2.42. The van der Waals surface area contributed by atoms with E-state index >= 15 is 0 Å². The molecule has 1 amide bonds. The standard InChI is InChI=1S/C13H15F4NO/c1-3-8(2)7-18-12(19)10-6-9(13(15,16)17)4-5-11(10)14/h4-6,8H,3,7H2,1-2H3,(H,18,19). The van der Waals surface area contributed by atoms with Crippen LogP contribution in [0.25, 0.3) is 0 Å². The summed E-state index contributed by atoms with van der Waals surface area (Å²) in [6, 6.07) is 1.79. The van der Waals surface area contributed by atoms with Crippen LogP contribution in [0.5, 0.6) is 0 Å². The van der Waals surface area contributed by atoms with E-state index in [0.29, 0.717) is 24.7 Å². The Balaban J connectivity index is 2.90. The summed E-state index contributed by atoms with van der Waals surface area (Å²) in [7, 11) is 0. The fraction of sp³-hybridized carbons (Fsp3) is 0.462. The highest BCUT2D eigenvalue weighted by molar-refractivity contribution is 5.94. The molecule has 106 valence electrons. The second kappa shape index (κ2) is 6.04. The van der Waals surface area contributed by atoms with E-state index in [0.717, 1.165) is 6.42 Å². The molecule has 0 aliphatic rings. The largest absolute Gasteiger partial charge is 0.416 e. The summed E-state index contributed by atoms with van der Waals surface area (Å²) >= 11 is 0. The van der Waals surface area contributed by atoms with Gasteiger partial charge in [-0.05, 0) is 24.1 Å². The SMILES string of the molecule is CCC(C)CNC(=O)c1cc(C(F)(F)F)ccc1F. The summed E-state index contributed by atoms with van der Waals surface area (Å²) in [4.78, 5) is 11.6. The van der Waals surface area contributed by atoms with Crippen LogP contribution in [0.15, 0.2) is 18.2 Å². The third kappa shape index (κ3) is 4.22. The summed E-state index contributed by atoms with van der Waals surface area (Å²) in [6.07, 6.45) is -3.79. The highest BCUT2D eigenvalue weighted by Gasteiger charge is 2.31. The Labute approximate surface area is 108 Å². The fourth-order valence-electron chi connectivity index (χ4n) is 1.38. The molecule has 19 heavy (non-hydrogen) atoms. The van der Waals surface area contributed by atoms with E-state index in [-0.39, 0.29) is 5.92 Å². The quantitative estimate of drug-likeness (QED) is 0.837. The number of alkyl halides is 3. The minimum Gasteiger partial charge on any atom is -0.352 e. The summed E-state index contributed by atoms with van der Waals surface area (Å²) in [5.41, 5.74) is -1.62. The highest BCUT2D eigenvalue weighted by atomic mass is 19.4. The zero-order valence-corrected chi connectivity index (χ0v) is 10.6. The predicted molar refractivity (Wildman–Crippen MR) is 63.2 cm³/mol. The van der Waals surface area contributed by atoms with E-state index < -0.39 is 29.0 Å². The van der Waals surface area contributed by atoms with Crippen molar-refractivity contribution in [2.24, 2.45) is 5.92 Å². The van der Waals surface area contributed by atoms with Crippen LogP contribution in [0.4, 0.5) is 17.6 Å². The van der Waals surface area contributed by atoms with Gasteiger partial charge in [-0.3, -0.25) is 4.79 Å². The van der Waals surface area contributed by atoms with Crippen LogP contribution in [0.2, 0.25) is 0 Å². The van der Waals surface area contributed by atoms with Crippen molar-refractivity contribution in [1.82, 2.24) is 5.32 Å². The molecule has 6 heteroatoms. The second-order valence-electron chi connectivity index (χ2n) is 4.42. The molecule has 0 aromatic heterocycles. The summed E-state index contributed by atoms with van der Waals surface area (Å²) in [5.74, 6) is -1.61. The first-order valence-corrected chi connectivity index (χ1v) is 5.90. The third-order valence-electron chi connectivity index (χ3n) is 2.85.